The van der Waals surface area contributed by atoms with Gasteiger partial charge in [0.05, 0.1) is 12.7 Å². The van der Waals surface area contributed by atoms with Gasteiger partial charge in [-0.15, -0.1) is 0 Å². The van der Waals surface area contributed by atoms with E-state index in [0.717, 1.165) is 11.3 Å². The second kappa shape index (κ2) is 10.2. The summed E-state index contributed by atoms with van der Waals surface area (Å²) >= 11 is 5.88. The Hall–Kier alpha value is -3.20. The molecule has 33 heavy (non-hydrogen) atoms. The van der Waals surface area contributed by atoms with Gasteiger partial charge in [0.1, 0.15) is 12.6 Å². The van der Waals surface area contributed by atoms with E-state index >= 15 is 0 Å². The van der Waals surface area contributed by atoms with Crippen LogP contribution in [0, 0.1) is 0 Å². The van der Waals surface area contributed by atoms with Crippen molar-refractivity contribution >= 4 is 46.8 Å². The van der Waals surface area contributed by atoms with Gasteiger partial charge in [-0.1, -0.05) is 23.7 Å². The first-order valence-electron chi connectivity index (χ1n) is 10.6. The predicted octanol–water partition coefficient (Wildman–Crippen LogP) is 2.32. The number of amides is 3. The number of halogens is 1. The normalized spacial score (nSPS) is 21.0. The second-order valence-electron chi connectivity index (χ2n) is 7.91. The maximum absolute atomic E-state index is 12.9. The van der Waals surface area contributed by atoms with Gasteiger partial charge in [0.2, 0.25) is 11.8 Å². The van der Waals surface area contributed by atoms with Gasteiger partial charge in [0.25, 0.3) is 5.91 Å². The molecule has 2 N–H and O–H groups in total. The molecule has 0 bridgehead atoms. The molecule has 2 heterocycles. The van der Waals surface area contributed by atoms with E-state index in [2.05, 4.69) is 5.32 Å². The molecule has 0 saturated carbocycles. The second-order valence-corrected chi connectivity index (χ2v) is 8.35. The number of likely N-dealkylation sites (tertiary alicyclic amines) is 1. The van der Waals surface area contributed by atoms with Gasteiger partial charge in [0.15, 0.2) is 0 Å². The zero-order chi connectivity index (χ0) is 23.4. The van der Waals surface area contributed by atoms with Crippen LogP contribution >= 0.6 is 11.6 Å². The first kappa shape index (κ1) is 23.0. The SMILES string of the molecule is O=C(Nc1ccc(N2CCOCC2=O)cc1)[C@H]1C[C@@H](O)CN1C(=O)/C=C/c1ccc(Cl)cc1. The van der Waals surface area contributed by atoms with Crippen molar-refractivity contribution in [3.63, 3.8) is 0 Å². The van der Waals surface area contributed by atoms with E-state index in [0.29, 0.717) is 23.9 Å². The van der Waals surface area contributed by atoms with Gasteiger partial charge in [-0.25, -0.2) is 0 Å². The average Bonchev–Trinajstić information content (AvgIpc) is 3.21. The molecule has 2 aromatic carbocycles. The van der Waals surface area contributed by atoms with Crippen molar-refractivity contribution in [1.29, 1.82) is 0 Å². The molecule has 2 saturated heterocycles. The number of ether oxygens (including phenoxy) is 1. The molecule has 0 unspecified atom stereocenters. The molecule has 0 radical (unpaired) electrons. The fourth-order valence-electron chi connectivity index (χ4n) is 3.88. The lowest BCUT2D eigenvalue weighted by molar-refractivity contribution is -0.132. The van der Waals surface area contributed by atoms with E-state index < -0.39 is 12.1 Å². The number of rotatable bonds is 5. The largest absolute Gasteiger partial charge is 0.391 e. The number of aliphatic hydroxyl groups is 1. The summed E-state index contributed by atoms with van der Waals surface area (Å²) in [5.74, 6) is -0.850. The highest BCUT2D eigenvalue weighted by Gasteiger charge is 2.38. The number of hydrogen-bond acceptors (Lipinski definition) is 5. The van der Waals surface area contributed by atoms with Crippen LogP contribution in [0.15, 0.2) is 54.6 Å². The van der Waals surface area contributed by atoms with Crippen LogP contribution in [0.4, 0.5) is 11.4 Å². The Morgan fingerprint density at radius 3 is 2.55 bits per heavy atom. The van der Waals surface area contributed by atoms with Crippen LogP contribution in [0.1, 0.15) is 12.0 Å². The number of hydrogen-bond donors (Lipinski definition) is 2. The van der Waals surface area contributed by atoms with Crippen LogP contribution in [0.25, 0.3) is 6.08 Å². The number of morpholine rings is 1. The molecule has 0 aliphatic carbocycles. The maximum Gasteiger partial charge on any atom is 0.253 e. The van der Waals surface area contributed by atoms with E-state index in [-0.39, 0.29) is 37.3 Å². The van der Waals surface area contributed by atoms with Crippen LogP contribution in [0.3, 0.4) is 0 Å². The monoisotopic (exact) mass is 469 g/mol. The summed E-state index contributed by atoms with van der Waals surface area (Å²) in [6.45, 7) is 1.09. The van der Waals surface area contributed by atoms with Gasteiger partial charge >= 0.3 is 0 Å². The summed E-state index contributed by atoms with van der Waals surface area (Å²) in [5, 5.41) is 13.5. The highest BCUT2D eigenvalue weighted by atomic mass is 35.5. The number of carbonyl (C=O) groups is 3. The van der Waals surface area contributed by atoms with E-state index in [1.165, 1.54) is 11.0 Å². The fraction of sp³-hybridized carbons (Fsp3) is 0.292. The lowest BCUT2D eigenvalue weighted by Crippen LogP contribution is -2.42. The highest BCUT2D eigenvalue weighted by Crippen LogP contribution is 2.23. The number of carbonyl (C=O) groups excluding carboxylic acids is 3. The first-order valence-corrected chi connectivity index (χ1v) is 11.0. The Morgan fingerprint density at radius 2 is 1.85 bits per heavy atom. The number of aliphatic hydroxyl groups excluding tert-OH is 1. The molecule has 2 fully saturated rings. The molecular weight excluding hydrogens is 446 g/mol. The summed E-state index contributed by atoms with van der Waals surface area (Å²) in [5.41, 5.74) is 2.06. The standard InChI is InChI=1S/C24H24ClN3O5/c25-17-4-1-16(2-5-17)3-10-22(30)28-14-20(29)13-21(28)24(32)26-18-6-8-19(9-7-18)27-11-12-33-15-23(27)31/h1-10,20-21,29H,11-15H2,(H,26,32)/b10-3+/t20-,21-/m1/s1. The quantitative estimate of drug-likeness (QED) is 0.655. The third kappa shape index (κ3) is 5.60. The van der Waals surface area contributed by atoms with E-state index in [4.69, 9.17) is 16.3 Å². The smallest absolute Gasteiger partial charge is 0.253 e. The molecule has 3 amide bonds. The van der Waals surface area contributed by atoms with Crippen LogP contribution in [0.5, 0.6) is 0 Å². The van der Waals surface area contributed by atoms with Gasteiger partial charge in [0, 0.05) is 42.0 Å². The first-order chi connectivity index (χ1) is 15.9. The van der Waals surface area contributed by atoms with Crippen LogP contribution in [-0.4, -0.2) is 66.2 Å². The van der Waals surface area contributed by atoms with E-state index in [1.807, 2.05) is 0 Å². The summed E-state index contributed by atoms with van der Waals surface area (Å²) in [7, 11) is 0. The Bertz CT molecular complexity index is 1050. The summed E-state index contributed by atoms with van der Waals surface area (Å²) in [6, 6.07) is 13.1. The van der Waals surface area contributed by atoms with Gasteiger partial charge in [-0.3, -0.25) is 14.4 Å². The summed E-state index contributed by atoms with van der Waals surface area (Å²) < 4.78 is 5.14. The zero-order valence-electron chi connectivity index (χ0n) is 17.8. The van der Waals surface area contributed by atoms with E-state index in [9.17, 15) is 19.5 Å². The minimum absolute atomic E-state index is 0.0544. The molecule has 2 aromatic rings. The Kier molecular flexibility index (Phi) is 7.08. The number of β-amino-alcohol motifs (C(OH)–C–C–N with tert-alkyl or cyclic N) is 1. The van der Waals surface area contributed by atoms with Crippen molar-refractivity contribution < 1.29 is 24.2 Å². The summed E-state index contributed by atoms with van der Waals surface area (Å²) in [4.78, 5) is 40.6. The summed E-state index contributed by atoms with van der Waals surface area (Å²) in [6.07, 6.45) is 2.41. The van der Waals surface area contributed by atoms with Crippen molar-refractivity contribution in [3.05, 3.63) is 65.2 Å². The predicted molar refractivity (Wildman–Crippen MR) is 125 cm³/mol. The molecule has 2 aliphatic rings. The number of nitrogens with zero attached hydrogens (tertiary/aromatic N) is 2. The van der Waals surface area contributed by atoms with Crippen molar-refractivity contribution in [1.82, 2.24) is 4.90 Å². The molecular formula is C24H24ClN3O5. The Balaban J connectivity index is 1.40. The van der Waals surface area contributed by atoms with Gasteiger partial charge in [-0.2, -0.15) is 0 Å². The number of benzene rings is 2. The molecule has 172 valence electrons. The third-order valence-electron chi connectivity index (χ3n) is 5.59. The molecule has 2 atom stereocenters. The molecule has 0 aromatic heterocycles. The average molecular weight is 470 g/mol. The van der Waals surface area contributed by atoms with Crippen LogP contribution in [0.2, 0.25) is 5.02 Å². The minimum atomic E-state index is -0.789. The maximum atomic E-state index is 12.9. The zero-order valence-corrected chi connectivity index (χ0v) is 18.6. The lowest BCUT2D eigenvalue weighted by atomic mass is 10.1. The van der Waals surface area contributed by atoms with Crippen LogP contribution < -0.4 is 10.2 Å². The van der Waals surface area contributed by atoms with Crippen molar-refractivity contribution in [2.75, 3.05) is 36.5 Å². The van der Waals surface area contributed by atoms with Crippen LogP contribution in [-0.2, 0) is 19.1 Å². The molecule has 2 aliphatic heterocycles. The van der Waals surface area contributed by atoms with Crippen molar-refractivity contribution in [3.8, 4) is 0 Å². The number of anilines is 2. The Labute approximate surface area is 196 Å². The highest BCUT2D eigenvalue weighted by molar-refractivity contribution is 6.30. The minimum Gasteiger partial charge on any atom is -0.391 e. The fourth-order valence-corrected chi connectivity index (χ4v) is 4.01. The topological polar surface area (TPSA) is 99.2 Å². The lowest BCUT2D eigenvalue weighted by Gasteiger charge is -2.27. The van der Waals surface area contributed by atoms with Gasteiger partial charge in [-0.05, 0) is 48.0 Å². The molecule has 9 heteroatoms. The van der Waals surface area contributed by atoms with Gasteiger partial charge < -0.3 is 25.0 Å². The van der Waals surface area contributed by atoms with Crippen molar-refractivity contribution in [2.24, 2.45) is 0 Å². The van der Waals surface area contributed by atoms with E-state index in [1.54, 1.807) is 59.5 Å². The Morgan fingerprint density at radius 1 is 1.12 bits per heavy atom. The van der Waals surface area contributed by atoms with Crippen molar-refractivity contribution in [2.45, 2.75) is 18.6 Å². The molecule has 0 spiro atoms. The molecule has 8 nitrogen and oxygen atoms in total. The third-order valence-corrected chi connectivity index (χ3v) is 5.84. The molecule has 4 rings (SSSR count). The number of nitrogens with one attached hydrogen (secondary N) is 1.